The Bertz CT molecular complexity index is 1140. The minimum atomic E-state index is -3.89. The van der Waals surface area contributed by atoms with Gasteiger partial charge in [0.05, 0.1) is 17.6 Å². The lowest BCUT2D eigenvalue weighted by atomic mass is 10.1. The SMILES string of the molecule is COC(=O)c1ccc(CN(C2CCCN(C(=O)OC(C)(C)C)C2)S(=O)(=O)c2ccc(Br)cc2)cc1. The van der Waals surface area contributed by atoms with Crippen molar-refractivity contribution >= 4 is 38.0 Å². The van der Waals surface area contributed by atoms with E-state index in [-0.39, 0.29) is 18.0 Å². The van der Waals surface area contributed by atoms with Crippen molar-refractivity contribution in [2.24, 2.45) is 0 Å². The van der Waals surface area contributed by atoms with E-state index in [0.717, 1.165) is 4.47 Å². The number of amides is 1. The minimum absolute atomic E-state index is 0.0900. The monoisotopic (exact) mass is 566 g/mol. The van der Waals surface area contributed by atoms with E-state index in [2.05, 4.69) is 15.9 Å². The largest absolute Gasteiger partial charge is 0.465 e. The van der Waals surface area contributed by atoms with E-state index in [1.165, 1.54) is 11.4 Å². The second-order valence-corrected chi connectivity index (χ2v) is 12.2. The third-order valence-corrected chi connectivity index (χ3v) is 8.03. The Labute approximate surface area is 215 Å². The smallest absolute Gasteiger partial charge is 0.410 e. The van der Waals surface area contributed by atoms with Crippen LogP contribution in [0, 0.1) is 0 Å². The fourth-order valence-corrected chi connectivity index (χ4v) is 5.78. The zero-order chi connectivity index (χ0) is 25.8. The number of hydrogen-bond acceptors (Lipinski definition) is 6. The predicted molar refractivity (Wildman–Crippen MR) is 135 cm³/mol. The number of esters is 1. The molecule has 0 bridgehead atoms. The number of ether oxygens (including phenoxy) is 2. The van der Waals surface area contributed by atoms with E-state index in [1.807, 2.05) is 0 Å². The molecule has 3 rings (SSSR count). The molecule has 2 aromatic rings. The number of benzene rings is 2. The van der Waals surface area contributed by atoms with Crippen molar-refractivity contribution in [2.45, 2.75) is 56.7 Å². The summed E-state index contributed by atoms with van der Waals surface area (Å²) in [6.07, 6.45) is 0.804. The number of piperidine rings is 1. The maximum absolute atomic E-state index is 13.8. The number of halogens is 1. The fraction of sp³-hybridized carbons (Fsp3) is 0.440. The molecular formula is C25H31BrN2O6S. The minimum Gasteiger partial charge on any atom is -0.465 e. The number of methoxy groups -OCH3 is 1. The highest BCUT2D eigenvalue weighted by Gasteiger charge is 2.36. The van der Waals surface area contributed by atoms with Crippen LogP contribution < -0.4 is 0 Å². The van der Waals surface area contributed by atoms with Crippen molar-refractivity contribution in [3.63, 3.8) is 0 Å². The number of likely N-dealkylation sites (tertiary alicyclic amines) is 1. The fourth-order valence-electron chi connectivity index (χ4n) is 3.88. The normalized spacial score (nSPS) is 16.7. The van der Waals surface area contributed by atoms with Gasteiger partial charge in [-0.25, -0.2) is 18.0 Å². The first kappa shape index (κ1) is 27.2. The molecule has 1 saturated heterocycles. The Morgan fingerprint density at radius 1 is 1.09 bits per heavy atom. The zero-order valence-corrected chi connectivity index (χ0v) is 22.8. The average Bonchev–Trinajstić information content (AvgIpc) is 2.81. The number of carbonyl (C=O) groups is 2. The molecule has 190 valence electrons. The molecule has 1 heterocycles. The second-order valence-electron chi connectivity index (χ2n) is 9.42. The molecule has 0 radical (unpaired) electrons. The Balaban J connectivity index is 1.92. The van der Waals surface area contributed by atoms with Crippen LogP contribution in [0.3, 0.4) is 0 Å². The molecule has 1 unspecified atom stereocenters. The van der Waals surface area contributed by atoms with E-state index in [0.29, 0.717) is 30.5 Å². The molecule has 1 fully saturated rings. The van der Waals surface area contributed by atoms with Crippen LogP contribution in [0.5, 0.6) is 0 Å². The molecule has 0 N–H and O–H groups in total. The van der Waals surface area contributed by atoms with Gasteiger partial charge in [0.15, 0.2) is 0 Å². The van der Waals surface area contributed by atoms with Crippen molar-refractivity contribution in [2.75, 3.05) is 20.2 Å². The van der Waals surface area contributed by atoms with Gasteiger partial charge in [0.1, 0.15) is 5.60 Å². The summed E-state index contributed by atoms with van der Waals surface area (Å²) in [7, 11) is -2.58. The third-order valence-electron chi connectivity index (χ3n) is 5.59. The quantitative estimate of drug-likeness (QED) is 0.465. The van der Waals surface area contributed by atoms with Crippen molar-refractivity contribution < 1.29 is 27.5 Å². The third kappa shape index (κ3) is 7.05. The second kappa shape index (κ2) is 11.1. The Kier molecular flexibility index (Phi) is 8.61. The lowest BCUT2D eigenvalue weighted by Gasteiger charge is -2.39. The van der Waals surface area contributed by atoms with Crippen LogP contribution in [0.25, 0.3) is 0 Å². The van der Waals surface area contributed by atoms with E-state index in [9.17, 15) is 18.0 Å². The highest BCUT2D eigenvalue weighted by Crippen LogP contribution is 2.28. The van der Waals surface area contributed by atoms with Crippen LogP contribution in [0.4, 0.5) is 4.79 Å². The highest BCUT2D eigenvalue weighted by atomic mass is 79.9. The summed E-state index contributed by atoms with van der Waals surface area (Å²) in [5, 5.41) is 0. The molecule has 0 aromatic heterocycles. The standard InChI is InChI=1S/C25H31BrN2O6S/c1-25(2,3)34-24(30)27-15-5-6-21(17-27)28(35(31,32)22-13-11-20(26)12-14-22)16-18-7-9-19(10-8-18)23(29)33-4/h7-14,21H,5-6,15-17H2,1-4H3. The maximum atomic E-state index is 13.8. The summed E-state index contributed by atoms with van der Waals surface area (Å²) in [5.41, 5.74) is 0.453. The molecule has 0 spiro atoms. The molecule has 10 heteroatoms. The van der Waals surface area contributed by atoms with E-state index >= 15 is 0 Å². The molecule has 2 aromatic carbocycles. The van der Waals surface area contributed by atoms with Gasteiger partial charge >= 0.3 is 12.1 Å². The Hall–Kier alpha value is -2.43. The first-order chi connectivity index (χ1) is 16.4. The molecular weight excluding hydrogens is 536 g/mol. The number of rotatable bonds is 6. The molecule has 0 saturated carbocycles. The molecule has 8 nitrogen and oxygen atoms in total. The maximum Gasteiger partial charge on any atom is 0.410 e. The van der Waals surface area contributed by atoms with Crippen molar-refractivity contribution in [1.29, 1.82) is 0 Å². The predicted octanol–water partition coefficient (Wildman–Crippen LogP) is 4.83. The van der Waals surface area contributed by atoms with Crippen LogP contribution >= 0.6 is 15.9 Å². The van der Waals surface area contributed by atoms with Crippen LogP contribution in [0.15, 0.2) is 57.9 Å². The number of hydrogen-bond donors (Lipinski definition) is 0. The lowest BCUT2D eigenvalue weighted by molar-refractivity contribution is 0.0152. The summed E-state index contributed by atoms with van der Waals surface area (Å²) in [6.45, 7) is 6.22. The molecule has 0 aliphatic carbocycles. The van der Waals surface area contributed by atoms with Crippen LogP contribution in [-0.2, 0) is 26.0 Å². The molecule has 35 heavy (non-hydrogen) atoms. The summed E-state index contributed by atoms with van der Waals surface area (Å²) in [5.74, 6) is -0.462. The van der Waals surface area contributed by atoms with Crippen molar-refractivity contribution in [3.8, 4) is 0 Å². The first-order valence-electron chi connectivity index (χ1n) is 11.3. The first-order valence-corrected chi connectivity index (χ1v) is 13.6. The molecule has 1 aliphatic heterocycles. The van der Waals surface area contributed by atoms with E-state index in [1.54, 1.807) is 74.2 Å². The summed E-state index contributed by atoms with van der Waals surface area (Å²) >= 11 is 3.35. The van der Waals surface area contributed by atoms with Crippen LogP contribution in [-0.4, -0.2) is 61.5 Å². The lowest BCUT2D eigenvalue weighted by Crippen LogP contribution is -2.52. The molecule has 1 atom stereocenters. The van der Waals surface area contributed by atoms with Gasteiger partial charge in [-0.2, -0.15) is 4.31 Å². The average molecular weight is 568 g/mol. The van der Waals surface area contributed by atoms with E-state index < -0.39 is 33.7 Å². The Morgan fingerprint density at radius 2 is 1.71 bits per heavy atom. The topological polar surface area (TPSA) is 93.2 Å². The number of nitrogens with zero attached hydrogens (tertiary/aromatic N) is 2. The number of carbonyl (C=O) groups excluding carboxylic acids is 2. The molecule has 1 amide bonds. The van der Waals surface area contributed by atoms with Gasteiger partial charge in [-0.1, -0.05) is 28.1 Å². The van der Waals surface area contributed by atoms with Gasteiger partial charge in [0.25, 0.3) is 0 Å². The number of sulfonamides is 1. The zero-order valence-electron chi connectivity index (χ0n) is 20.4. The van der Waals surface area contributed by atoms with Crippen molar-refractivity contribution in [1.82, 2.24) is 9.21 Å². The van der Waals surface area contributed by atoms with Gasteiger partial charge in [0.2, 0.25) is 10.0 Å². The van der Waals surface area contributed by atoms with Gasteiger partial charge in [-0.3, -0.25) is 0 Å². The van der Waals surface area contributed by atoms with Gasteiger partial charge in [-0.05, 0) is 75.6 Å². The summed E-state index contributed by atoms with van der Waals surface area (Å²) in [4.78, 5) is 26.2. The Morgan fingerprint density at radius 3 is 2.29 bits per heavy atom. The summed E-state index contributed by atoms with van der Waals surface area (Å²) < 4.78 is 40.0. The summed E-state index contributed by atoms with van der Waals surface area (Å²) in [6, 6.07) is 12.7. The molecule has 1 aliphatic rings. The van der Waals surface area contributed by atoms with Gasteiger partial charge in [-0.15, -0.1) is 0 Å². The van der Waals surface area contributed by atoms with Crippen LogP contribution in [0.2, 0.25) is 0 Å². The van der Waals surface area contributed by atoms with Crippen molar-refractivity contribution in [3.05, 3.63) is 64.1 Å². The van der Waals surface area contributed by atoms with E-state index in [4.69, 9.17) is 9.47 Å². The highest BCUT2D eigenvalue weighted by molar-refractivity contribution is 9.10. The van der Waals surface area contributed by atoms with Gasteiger partial charge in [0, 0.05) is 30.1 Å². The van der Waals surface area contributed by atoms with Gasteiger partial charge < -0.3 is 14.4 Å². The van der Waals surface area contributed by atoms with Crippen LogP contribution in [0.1, 0.15) is 49.5 Å².